The summed E-state index contributed by atoms with van der Waals surface area (Å²) in [5.74, 6) is 0.0506. The molecule has 0 saturated heterocycles. The predicted octanol–water partition coefficient (Wildman–Crippen LogP) is 2.94. The van der Waals surface area contributed by atoms with E-state index < -0.39 is 0 Å². The van der Waals surface area contributed by atoms with Crippen LogP contribution < -0.4 is 0 Å². The fourth-order valence-electron chi connectivity index (χ4n) is 3.22. The van der Waals surface area contributed by atoms with Crippen molar-refractivity contribution >= 4 is 5.91 Å². The molecule has 1 N–H and O–H groups in total. The number of benzene rings is 1. The maximum Gasteiger partial charge on any atom is 0.273 e. The molecule has 24 heavy (non-hydrogen) atoms. The van der Waals surface area contributed by atoms with Gasteiger partial charge in [0.15, 0.2) is 0 Å². The van der Waals surface area contributed by atoms with E-state index in [1.807, 2.05) is 0 Å². The van der Waals surface area contributed by atoms with Gasteiger partial charge in [0, 0.05) is 19.2 Å². The van der Waals surface area contributed by atoms with E-state index in [9.17, 15) is 9.18 Å². The zero-order valence-electron chi connectivity index (χ0n) is 14.2. The average Bonchev–Trinajstić information content (AvgIpc) is 3.06. The minimum atomic E-state index is -0.290. The van der Waals surface area contributed by atoms with Crippen molar-refractivity contribution in [3.8, 4) is 0 Å². The summed E-state index contributed by atoms with van der Waals surface area (Å²) in [6.07, 6.45) is 0.787. The second-order valence-electron chi connectivity index (χ2n) is 6.50. The van der Waals surface area contributed by atoms with Crippen LogP contribution in [0.5, 0.6) is 0 Å². The van der Waals surface area contributed by atoms with Crippen molar-refractivity contribution in [1.29, 1.82) is 0 Å². The quantitative estimate of drug-likeness (QED) is 0.885. The molecule has 1 unspecified atom stereocenters. The Balaban J connectivity index is 2.05. The van der Waals surface area contributed by atoms with Crippen LogP contribution in [-0.4, -0.2) is 41.3 Å². The number of ether oxygens (including phenoxy) is 1. The number of amides is 1. The minimum absolute atomic E-state index is 0.0844. The first-order valence-electron chi connectivity index (χ1n) is 8.15. The van der Waals surface area contributed by atoms with Crippen LogP contribution in [-0.2, 0) is 11.2 Å². The number of aromatic nitrogens is 2. The molecule has 0 spiro atoms. The Morgan fingerprint density at radius 3 is 2.67 bits per heavy atom. The second-order valence-corrected chi connectivity index (χ2v) is 6.50. The number of hydrogen-bond donors (Lipinski definition) is 1. The van der Waals surface area contributed by atoms with Gasteiger partial charge in [-0.3, -0.25) is 9.89 Å². The molecule has 0 bridgehead atoms. The van der Waals surface area contributed by atoms with Crippen molar-refractivity contribution in [2.75, 3.05) is 20.3 Å². The highest BCUT2D eigenvalue weighted by atomic mass is 19.1. The lowest BCUT2D eigenvalue weighted by atomic mass is 9.95. The number of carbonyl (C=O) groups excluding carboxylic acids is 1. The summed E-state index contributed by atoms with van der Waals surface area (Å²) in [6.45, 7) is 5.16. The SMILES string of the molecule is COCCN1C(=O)c2[nH]nc(CC(C)C)c2C1c1ccc(F)cc1. The van der Waals surface area contributed by atoms with E-state index in [1.54, 1.807) is 24.1 Å². The Bertz CT molecular complexity index is 724. The van der Waals surface area contributed by atoms with E-state index >= 15 is 0 Å². The standard InChI is InChI=1S/C18H22FN3O2/c1-11(2)10-14-15-16(21-20-14)18(23)22(8-9-24-3)17(15)12-4-6-13(19)7-5-12/h4-7,11,17H,8-10H2,1-3H3,(H,20,21). The number of hydrogen-bond acceptors (Lipinski definition) is 3. The molecule has 0 fully saturated rings. The Morgan fingerprint density at radius 1 is 1.33 bits per heavy atom. The topological polar surface area (TPSA) is 58.2 Å². The van der Waals surface area contributed by atoms with Crippen LogP contribution in [0.2, 0.25) is 0 Å². The summed E-state index contributed by atoms with van der Waals surface area (Å²) >= 11 is 0. The summed E-state index contributed by atoms with van der Waals surface area (Å²) < 4.78 is 18.5. The molecule has 2 aromatic rings. The Kier molecular flexibility index (Phi) is 4.66. The molecule has 1 atom stereocenters. The largest absolute Gasteiger partial charge is 0.383 e. The number of H-pyrrole nitrogens is 1. The Hall–Kier alpha value is -2.21. The van der Waals surface area contributed by atoms with Crippen LogP contribution in [0.3, 0.4) is 0 Å². The van der Waals surface area contributed by atoms with Crippen molar-refractivity contribution in [2.24, 2.45) is 5.92 Å². The van der Waals surface area contributed by atoms with Gasteiger partial charge in [-0.25, -0.2) is 4.39 Å². The highest BCUT2D eigenvalue weighted by Gasteiger charge is 2.41. The van der Waals surface area contributed by atoms with Crippen LogP contribution >= 0.6 is 0 Å². The first-order valence-corrected chi connectivity index (χ1v) is 8.15. The first kappa shape index (κ1) is 16.6. The van der Waals surface area contributed by atoms with Crippen molar-refractivity contribution in [3.63, 3.8) is 0 Å². The smallest absolute Gasteiger partial charge is 0.273 e. The van der Waals surface area contributed by atoms with Gasteiger partial charge in [-0.05, 0) is 30.0 Å². The third-order valence-electron chi connectivity index (χ3n) is 4.27. The molecule has 3 rings (SSSR count). The van der Waals surface area contributed by atoms with Gasteiger partial charge in [-0.15, -0.1) is 0 Å². The van der Waals surface area contributed by atoms with Crippen molar-refractivity contribution < 1.29 is 13.9 Å². The van der Waals surface area contributed by atoms with E-state index in [0.29, 0.717) is 24.8 Å². The second kappa shape index (κ2) is 6.73. The number of methoxy groups -OCH3 is 1. The molecule has 6 heteroatoms. The molecule has 0 saturated carbocycles. The number of nitrogens with one attached hydrogen (secondary N) is 1. The Morgan fingerprint density at radius 2 is 2.04 bits per heavy atom. The van der Waals surface area contributed by atoms with Gasteiger partial charge in [-0.1, -0.05) is 26.0 Å². The van der Waals surface area contributed by atoms with Crippen LogP contribution in [0.1, 0.15) is 47.2 Å². The summed E-state index contributed by atoms with van der Waals surface area (Å²) in [7, 11) is 1.61. The van der Waals surface area contributed by atoms with Crippen molar-refractivity contribution in [2.45, 2.75) is 26.3 Å². The van der Waals surface area contributed by atoms with Gasteiger partial charge in [-0.2, -0.15) is 5.10 Å². The molecule has 1 aliphatic heterocycles. The number of rotatable bonds is 6. The molecule has 0 radical (unpaired) electrons. The molecule has 1 amide bonds. The van der Waals surface area contributed by atoms with Crippen LogP contribution in [0, 0.1) is 11.7 Å². The molecule has 1 aromatic carbocycles. The molecule has 1 aromatic heterocycles. The fraction of sp³-hybridized carbons (Fsp3) is 0.444. The van der Waals surface area contributed by atoms with E-state index in [4.69, 9.17) is 4.74 Å². The lowest BCUT2D eigenvalue weighted by Gasteiger charge is -2.26. The van der Waals surface area contributed by atoms with Gasteiger partial charge >= 0.3 is 0 Å². The predicted molar refractivity (Wildman–Crippen MR) is 88.3 cm³/mol. The van der Waals surface area contributed by atoms with Gasteiger partial charge in [0.1, 0.15) is 11.5 Å². The van der Waals surface area contributed by atoms with Gasteiger partial charge in [0.2, 0.25) is 0 Å². The summed E-state index contributed by atoms with van der Waals surface area (Å²) in [6, 6.07) is 6.06. The highest BCUT2D eigenvalue weighted by Crippen LogP contribution is 2.39. The number of fused-ring (bicyclic) bond motifs is 1. The number of aromatic amines is 1. The molecule has 128 valence electrons. The third-order valence-corrected chi connectivity index (χ3v) is 4.27. The summed E-state index contributed by atoms with van der Waals surface area (Å²) in [4.78, 5) is 14.5. The molecule has 0 aliphatic carbocycles. The van der Waals surface area contributed by atoms with Crippen LogP contribution in [0.15, 0.2) is 24.3 Å². The lowest BCUT2D eigenvalue weighted by molar-refractivity contribution is 0.0676. The fourth-order valence-corrected chi connectivity index (χ4v) is 3.22. The third kappa shape index (κ3) is 2.94. The minimum Gasteiger partial charge on any atom is -0.383 e. The summed E-state index contributed by atoms with van der Waals surface area (Å²) in [5, 5.41) is 7.26. The lowest BCUT2D eigenvalue weighted by Crippen LogP contribution is -2.32. The van der Waals surface area contributed by atoms with Gasteiger partial charge in [0.05, 0.1) is 18.3 Å². The van der Waals surface area contributed by atoms with Gasteiger partial charge < -0.3 is 9.64 Å². The molecule has 2 heterocycles. The monoisotopic (exact) mass is 331 g/mol. The molecular formula is C18H22FN3O2. The molecular weight excluding hydrogens is 309 g/mol. The van der Waals surface area contributed by atoms with E-state index in [0.717, 1.165) is 23.2 Å². The maximum atomic E-state index is 13.3. The normalized spacial score (nSPS) is 17.0. The number of halogens is 1. The number of carbonyl (C=O) groups is 1. The molecule has 1 aliphatic rings. The summed E-state index contributed by atoms with van der Waals surface area (Å²) in [5.41, 5.74) is 3.24. The van der Waals surface area contributed by atoms with Crippen LogP contribution in [0.25, 0.3) is 0 Å². The van der Waals surface area contributed by atoms with E-state index in [2.05, 4.69) is 24.0 Å². The van der Waals surface area contributed by atoms with Crippen molar-refractivity contribution in [3.05, 3.63) is 52.6 Å². The maximum absolute atomic E-state index is 13.3. The first-order chi connectivity index (χ1) is 11.5. The van der Waals surface area contributed by atoms with E-state index in [1.165, 1.54) is 12.1 Å². The van der Waals surface area contributed by atoms with E-state index in [-0.39, 0.29) is 17.8 Å². The zero-order valence-corrected chi connectivity index (χ0v) is 14.2. The molecule has 5 nitrogen and oxygen atoms in total. The van der Waals surface area contributed by atoms with Crippen LogP contribution in [0.4, 0.5) is 4.39 Å². The van der Waals surface area contributed by atoms with Gasteiger partial charge in [0.25, 0.3) is 5.91 Å². The average molecular weight is 331 g/mol. The number of nitrogens with zero attached hydrogens (tertiary/aromatic N) is 2. The highest BCUT2D eigenvalue weighted by molar-refractivity contribution is 5.98. The zero-order chi connectivity index (χ0) is 17.3. The Labute approximate surface area is 140 Å². The van der Waals surface area contributed by atoms with Crippen molar-refractivity contribution in [1.82, 2.24) is 15.1 Å².